The fourth-order valence-corrected chi connectivity index (χ4v) is 2.01. The lowest BCUT2D eigenvalue weighted by Crippen LogP contribution is -2.44. The van der Waals surface area contributed by atoms with Crippen molar-refractivity contribution in [1.82, 2.24) is 15.1 Å². The van der Waals surface area contributed by atoms with Crippen molar-refractivity contribution in [2.24, 2.45) is 0 Å². The Hall–Kier alpha value is -1.34. The Morgan fingerprint density at radius 3 is 2.74 bits per heavy atom. The molecule has 110 valence electrons. The van der Waals surface area contributed by atoms with Crippen LogP contribution in [0.15, 0.2) is 0 Å². The number of β-amino-alcohol motifs (C(OH)–C–C–N with tert-alkyl or cyclic N) is 1. The number of aliphatic hydroxyl groups is 1. The molecule has 0 radical (unpaired) electrons. The van der Waals surface area contributed by atoms with Crippen LogP contribution in [0.3, 0.4) is 0 Å². The number of rotatable bonds is 5. The van der Waals surface area contributed by atoms with E-state index >= 15 is 0 Å². The predicted octanol–water partition coefficient (Wildman–Crippen LogP) is -0.741. The molecule has 0 bridgehead atoms. The van der Waals surface area contributed by atoms with Gasteiger partial charge in [0.2, 0.25) is 0 Å². The molecule has 0 aromatic heterocycles. The largest absolute Gasteiger partial charge is 0.465 e. The van der Waals surface area contributed by atoms with E-state index in [0.717, 1.165) is 19.5 Å². The Morgan fingerprint density at radius 1 is 1.26 bits per heavy atom. The third-order valence-electron chi connectivity index (χ3n) is 2.98. The highest BCUT2D eigenvalue weighted by molar-refractivity contribution is 5.80. The van der Waals surface area contributed by atoms with Gasteiger partial charge in [0.15, 0.2) is 0 Å². The SMILES string of the molecule is CCOC(=O)CNC(=O)N1CCCN(CCO)CC1. The van der Waals surface area contributed by atoms with Crippen LogP contribution in [0.4, 0.5) is 4.79 Å². The number of aliphatic hydroxyl groups excluding tert-OH is 1. The Morgan fingerprint density at radius 2 is 2.05 bits per heavy atom. The summed E-state index contributed by atoms with van der Waals surface area (Å²) in [6.45, 7) is 5.61. The fraction of sp³-hybridized carbons (Fsp3) is 0.833. The number of carbonyl (C=O) groups excluding carboxylic acids is 2. The normalized spacial score (nSPS) is 16.8. The van der Waals surface area contributed by atoms with Crippen LogP contribution in [0.1, 0.15) is 13.3 Å². The molecule has 1 heterocycles. The van der Waals surface area contributed by atoms with Gasteiger partial charge in [-0.2, -0.15) is 0 Å². The Bertz CT molecular complexity index is 299. The zero-order valence-corrected chi connectivity index (χ0v) is 11.4. The van der Waals surface area contributed by atoms with Gasteiger partial charge in [0.05, 0.1) is 13.2 Å². The van der Waals surface area contributed by atoms with E-state index < -0.39 is 5.97 Å². The third kappa shape index (κ3) is 5.89. The quantitative estimate of drug-likeness (QED) is 0.645. The molecule has 7 nitrogen and oxygen atoms in total. The minimum Gasteiger partial charge on any atom is -0.465 e. The van der Waals surface area contributed by atoms with Crippen molar-refractivity contribution in [3.05, 3.63) is 0 Å². The lowest BCUT2D eigenvalue weighted by molar-refractivity contribution is -0.141. The summed E-state index contributed by atoms with van der Waals surface area (Å²) < 4.78 is 4.75. The molecule has 2 amide bonds. The average Bonchev–Trinajstić information content (AvgIpc) is 2.62. The summed E-state index contributed by atoms with van der Waals surface area (Å²) >= 11 is 0. The second kappa shape index (κ2) is 8.71. The molecule has 7 heteroatoms. The minimum atomic E-state index is -0.424. The molecule has 0 spiro atoms. The average molecular weight is 273 g/mol. The molecule has 0 aliphatic carbocycles. The molecule has 0 unspecified atom stereocenters. The molecule has 1 aliphatic heterocycles. The first-order valence-electron chi connectivity index (χ1n) is 6.69. The molecule has 1 saturated heterocycles. The summed E-state index contributed by atoms with van der Waals surface area (Å²) in [4.78, 5) is 26.8. The van der Waals surface area contributed by atoms with Crippen molar-refractivity contribution in [3.8, 4) is 0 Å². The van der Waals surface area contributed by atoms with Crippen LogP contribution < -0.4 is 5.32 Å². The minimum absolute atomic E-state index is 0.0937. The highest BCUT2D eigenvalue weighted by Gasteiger charge is 2.19. The van der Waals surface area contributed by atoms with Gasteiger partial charge in [-0.3, -0.25) is 9.69 Å². The molecule has 0 aromatic rings. The molecule has 1 aliphatic rings. The van der Waals surface area contributed by atoms with Crippen LogP contribution in [0.5, 0.6) is 0 Å². The van der Waals surface area contributed by atoms with Gasteiger partial charge in [-0.05, 0) is 19.9 Å². The van der Waals surface area contributed by atoms with Crippen LogP contribution in [-0.2, 0) is 9.53 Å². The van der Waals surface area contributed by atoms with Gasteiger partial charge in [-0.1, -0.05) is 0 Å². The lowest BCUT2D eigenvalue weighted by Gasteiger charge is -2.21. The van der Waals surface area contributed by atoms with Crippen LogP contribution in [-0.4, -0.2) is 79.4 Å². The highest BCUT2D eigenvalue weighted by Crippen LogP contribution is 2.02. The first kappa shape index (κ1) is 15.7. The molecular formula is C12H23N3O4. The number of carbonyl (C=O) groups is 2. The van der Waals surface area contributed by atoms with Crippen molar-refractivity contribution in [3.63, 3.8) is 0 Å². The summed E-state index contributed by atoms with van der Waals surface area (Å²) in [5.41, 5.74) is 0. The van der Waals surface area contributed by atoms with Gasteiger partial charge in [-0.25, -0.2) is 4.79 Å². The fourth-order valence-electron chi connectivity index (χ4n) is 2.01. The lowest BCUT2D eigenvalue weighted by atomic mass is 10.4. The third-order valence-corrected chi connectivity index (χ3v) is 2.98. The van der Waals surface area contributed by atoms with E-state index in [4.69, 9.17) is 9.84 Å². The monoisotopic (exact) mass is 273 g/mol. The maximum Gasteiger partial charge on any atom is 0.325 e. The van der Waals surface area contributed by atoms with Crippen molar-refractivity contribution in [2.75, 3.05) is 52.5 Å². The van der Waals surface area contributed by atoms with Gasteiger partial charge >= 0.3 is 12.0 Å². The molecular weight excluding hydrogens is 250 g/mol. The highest BCUT2D eigenvalue weighted by atomic mass is 16.5. The van der Waals surface area contributed by atoms with Gasteiger partial charge < -0.3 is 20.1 Å². The number of esters is 1. The second-order valence-corrected chi connectivity index (χ2v) is 4.37. The van der Waals surface area contributed by atoms with Gasteiger partial charge in [0.1, 0.15) is 6.54 Å². The molecule has 0 aromatic carbocycles. The summed E-state index contributed by atoms with van der Waals surface area (Å²) in [6, 6.07) is -0.237. The van der Waals surface area contributed by atoms with E-state index in [1.165, 1.54) is 0 Å². The van der Waals surface area contributed by atoms with Crippen LogP contribution >= 0.6 is 0 Å². The topological polar surface area (TPSA) is 82.1 Å². The second-order valence-electron chi connectivity index (χ2n) is 4.37. The zero-order valence-electron chi connectivity index (χ0n) is 11.4. The van der Waals surface area contributed by atoms with Crippen LogP contribution in [0.2, 0.25) is 0 Å². The Balaban J connectivity index is 2.30. The van der Waals surface area contributed by atoms with Crippen molar-refractivity contribution in [2.45, 2.75) is 13.3 Å². The van der Waals surface area contributed by atoms with Crippen molar-refractivity contribution >= 4 is 12.0 Å². The standard InChI is InChI=1S/C12H23N3O4/c1-2-19-11(17)10-13-12(18)15-5-3-4-14(6-7-15)8-9-16/h16H,2-10H2,1H3,(H,13,18). The Labute approximate surface area is 113 Å². The van der Waals surface area contributed by atoms with Crippen LogP contribution in [0, 0.1) is 0 Å². The molecule has 1 fully saturated rings. The maximum atomic E-state index is 11.9. The van der Waals surface area contributed by atoms with E-state index in [0.29, 0.717) is 26.2 Å². The molecule has 1 rings (SSSR count). The Kier molecular flexibility index (Phi) is 7.20. The maximum absolute atomic E-state index is 11.9. The number of nitrogens with one attached hydrogen (secondary N) is 1. The number of hydrogen-bond donors (Lipinski definition) is 2. The smallest absolute Gasteiger partial charge is 0.325 e. The van der Waals surface area contributed by atoms with Gasteiger partial charge in [-0.15, -0.1) is 0 Å². The van der Waals surface area contributed by atoms with Crippen LogP contribution in [0.25, 0.3) is 0 Å². The molecule has 19 heavy (non-hydrogen) atoms. The first-order chi connectivity index (χ1) is 9.17. The zero-order chi connectivity index (χ0) is 14.1. The van der Waals surface area contributed by atoms with E-state index in [1.807, 2.05) is 0 Å². The molecule has 0 atom stereocenters. The van der Waals surface area contributed by atoms with Crippen molar-refractivity contribution in [1.29, 1.82) is 0 Å². The number of amides is 2. The van der Waals surface area contributed by atoms with E-state index in [2.05, 4.69) is 10.2 Å². The molecule has 0 saturated carbocycles. The summed E-state index contributed by atoms with van der Waals surface area (Å²) in [5.74, 6) is -0.424. The number of urea groups is 1. The first-order valence-corrected chi connectivity index (χ1v) is 6.69. The van der Waals surface area contributed by atoms with Gasteiger partial charge in [0.25, 0.3) is 0 Å². The summed E-state index contributed by atoms with van der Waals surface area (Å²) in [6.07, 6.45) is 0.868. The number of ether oxygens (including phenoxy) is 1. The predicted molar refractivity (Wildman–Crippen MR) is 69.7 cm³/mol. The number of nitrogens with zero attached hydrogens (tertiary/aromatic N) is 2. The number of hydrogen-bond acceptors (Lipinski definition) is 5. The van der Waals surface area contributed by atoms with E-state index in [9.17, 15) is 9.59 Å². The summed E-state index contributed by atoms with van der Waals surface area (Å²) in [5, 5.41) is 11.5. The van der Waals surface area contributed by atoms with E-state index in [-0.39, 0.29) is 19.2 Å². The van der Waals surface area contributed by atoms with E-state index in [1.54, 1.807) is 11.8 Å². The van der Waals surface area contributed by atoms with Gasteiger partial charge in [0, 0.05) is 26.2 Å². The molecule has 2 N–H and O–H groups in total. The summed E-state index contributed by atoms with van der Waals surface area (Å²) in [7, 11) is 0. The van der Waals surface area contributed by atoms with Crippen molar-refractivity contribution < 1.29 is 19.4 Å².